The minimum atomic E-state index is -4.68. The predicted molar refractivity (Wildman–Crippen MR) is 66.5 cm³/mol. The second kappa shape index (κ2) is 5.07. The van der Waals surface area contributed by atoms with E-state index in [0.29, 0.717) is 11.3 Å². The van der Waals surface area contributed by atoms with Gasteiger partial charge in [-0.25, -0.2) is 4.57 Å². The first-order valence-electron chi connectivity index (χ1n) is 5.17. The van der Waals surface area contributed by atoms with E-state index in [1.165, 1.54) is 18.0 Å². The fourth-order valence-corrected chi connectivity index (χ4v) is 3.17. The molecule has 2 heterocycles. The van der Waals surface area contributed by atoms with Gasteiger partial charge in [0.1, 0.15) is 5.75 Å². The van der Waals surface area contributed by atoms with Crippen molar-refractivity contribution in [1.29, 1.82) is 0 Å². The number of pyridine rings is 1. The Morgan fingerprint density at radius 1 is 1.61 bits per heavy atom. The number of rotatable bonds is 3. The molecule has 2 rings (SSSR count). The molecule has 0 bridgehead atoms. The Labute approximate surface area is 108 Å². The molecule has 18 heavy (non-hydrogen) atoms. The Balaban J connectivity index is 2.45. The van der Waals surface area contributed by atoms with E-state index in [4.69, 9.17) is 9.79 Å². The van der Waals surface area contributed by atoms with Crippen LogP contribution in [0.3, 0.4) is 0 Å². The molecule has 1 fully saturated rings. The van der Waals surface area contributed by atoms with Gasteiger partial charge in [-0.3, -0.25) is 14.8 Å². The van der Waals surface area contributed by atoms with Crippen LogP contribution in [0.2, 0.25) is 0 Å². The van der Waals surface area contributed by atoms with Crippen molar-refractivity contribution in [3.05, 3.63) is 17.5 Å². The van der Waals surface area contributed by atoms with Gasteiger partial charge in [0.15, 0.2) is 5.75 Å². The fourth-order valence-electron chi connectivity index (χ4n) is 1.66. The van der Waals surface area contributed by atoms with Crippen molar-refractivity contribution >= 4 is 19.6 Å². The summed E-state index contributed by atoms with van der Waals surface area (Å²) >= 11 is 1.53. The average molecular weight is 292 g/mol. The van der Waals surface area contributed by atoms with Crippen LogP contribution in [0.25, 0.3) is 0 Å². The molecule has 0 spiro atoms. The molecule has 0 saturated carbocycles. The molecule has 1 aromatic heterocycles. The van der Waals surface area contributed by atoms with Gasteiger partial charge in [0.2, 0.25) is 0 Å². The zero-order valence-corrected chi connectivity index (χ0v) is 11.2. The number of aromatic nitrogens is 1. The van der Waals surface area contributed by atoms with Crippen molar-refractivity contribution in [3.8, 4) is 11.5 Å². The molecule has 1 atom stereocenters. The van der Waals surface area contributed by atoms with Crippen molar-refractivity contribution in [3.63, 3.8) is 0 Å². The molecule has 1 aliphatic rings. The lowest BCUT2D eigenvalue weighted by Crippen LogP contribution is -2.14. The lowest BCUT2D eigenvalue weighted by Gasteiger charge is -2.18. The van der Waals surface area contributed by atoms with Crippen LogP contribution in [0.15, 0.2) is 6.20 Å². The number of aryl methyl sites for hydroxylation is 1. The van der Waals surface area contributed by atoms with E-state index >= 15 is 0 Å². The molecule has 1 saturated heterocycles. The van der Waals surface area contributed by atoms with Crippen molar-refractivity contribution < 1.29 is 24.0 Å². The second-order valence-electron chi connectivity index (χ2n) is 3.76. The minimum absolute atomic E-state index is 0.0988. The van der Waals surface area contributed by atoms with E-state index in [2.05, 4.69) is 14.8 Å². The maximum atomic E-state index is 10.9. The Bertz CT molecular complexity index is 500. The van der Waals surface area contributed by atoms with Crippen LogP contribution in [-0.2, 0) is 4.57 Å². The zero-order valence-electron chi connectivity index (χ0n) is 9.53. The predicted octanol–water partition coefficient (Wildman–Crippen LogP) is 0.902. The second-order valence-corrected chi connectivity index (χ2v) is 6.13. The number of phosphoric ester groups is 1. The molecule has 1 unspecified atom stereocenters. The van der Waals surface area contributed by atoms with Crippen LogP contribution < -0.4 is 9.84 Å². The summed E-state index contributed by atoms with van der Waals surface area (Å²) in [6.45, 7) is 2.37. The molecule has 0 radical (unpaired) electrons. The van der Waals surface area contributed by atoms with Crippen molar-refractivity contribution in [2.45, 2.75) is 12.3 Å². The SMILES string of the molecule is Cc1ncc(OP(=O)(O)O)c(C2NCCS2)c1O. The molecule has 4 N–H and O–H groups in total. The summed E-state index contributed by atoms with van der Waals surface area (Å²) < 4.78 is 15.5. The molecule has 0 amide bonds. The Hall–Kier alpha value is -0.790. The fraction of sp³-hybridized carbons (Fsp3) is 0.444. The van der Waals surface area contributed by atoms with Crippen LogP contribution in [0.4, 0.5) is 0 Å². The summed E-state index contributed by atoms with van der Waals surface area (Å²) in [7, 11) is -4.68. The highest BCUT2D eigenvalue weighted by Gasteiger charge is 2.28. The van der Waals surface area contributed by atoms with E-state index < -0.39 is 7.82 Å². The number of hydrogen-bond acceptors (Lipinski definition) is 6. The number of hydrogen-bond donors (Lipinski definition) is 4. The number of nitrogens with one attached hydrogen (secondary N) is 1. The van der Waals surface area contributed by atoms with Gasteiger partial charge in [0.25, 0.3) is 0 Å². The maximum Gasteiger partial charge on any atom is 0.524 e. The van der Waals surface area contributed by atoms with Crippen LogP contribution in [0.1, 0.15) is 16.6 Å². The molecular weight excluding hydrogens is 279 g/mol. The largest absolute Gasteiger partial charge is 0.524 e. The van der Waals surface area contributed by atoms with Gasteiger partial charge in [-0.1, -0.05) is 0 Å². The maximum absolute atomic E-state index is 10.9. The van der Waals surface area contributed by atoms with Gasteiger partial charge in [-0.2, -0.15) is 0 Å². The monoisotopic (exact) mass is 292 g/mol. The van der Waals surface area contributed by atoms with Crippen LogP contribution >= 0.6 is 19.6 Å². The highest BCUT2D eigenvalue weighted by Crippen LogP contribution is 2.46. The van der Waals surface area contributed by atoms with Crippen molar-refractivity contribution in [2.24, 2.45) is 0 Å². The first-order chi connectivity index (χ1) is 8.38. The summed E-state index contributed by atoms with van der Waals surface area (Å²) in [5.41, 5.74) is 0.714. The van der Waals surface area contributed by atoms with Gasteiger partial charge in [-0.05, 0) is 6.92 Å². The van der Waals surface area contributed by atoms with Crippen molar-refractivity contribution in [2.75, 3.05) is 12.3 Å². The Kier molecular flexibility index (Phi) is 3.84. The standard InChI is InChI=1S/C9H13N2O5PS/c1-5-8(12)7(9-10-2-3-18-9)6(4-11-5)16-17(13,14)15/h4,9-10,12H,2-3H2,1H3,(H2,13,14,15). The van der Waals surface area contributed by atoms with Gasteiger partial charge >= 0.3 is 7.82 Å². The molecular formula is C9H13N2O5PS. The highest BCUT2D eigenvalue weighted by molar-refractivity contribution is 7.99. The van der Waals surface area contributed by atoms with E-state index in [0.717, 1.165) is 12.3 Å². The molecule has 7 nitrogen and oxygen atoms in total. The molecule has 100 valence electrons. The summed E-state index contributed by atoms with van der Waals surface area (Å²) in [5.74, 6) is 0.645. The summed E-state index contributed by atoms with van der Waals surface area (Å²) in [6.07, 6.45) is 1.21. The van der Waals surface area contributed by atoms with E-state index in [-0.39, 0.29) is 16.9 Å². The van der Waals surface area contributed by atoms with Gasteiger partial charge in [-0.15, -0.1) is 11.8 Å². The quantitative estimate of drug-likeness (QED) is 0.608. The van der Waals surface area contributed by atoms with Crippen LogP contribution in [0.5, 0.6) is 11.5 Å². The third-order valence-corrected chi connectivity index (χ3v) is 4.04. The minimum Gasteiger partial charge on any atom is -0.506 e. The first kappa shape index (κ1) is 13.6. The number of nitrogens with zero attached hydrogens (tertiary/aromatic N) is 1. The summed E-state index contributed by atoms with van der Waals surface area (Å²) in [5, 5.41) is 12.8. The Morgan fingerprint density at radius 3 is 2.89 bits per heavy atom. The number of aromatic hydroxyl groups is 1. The zero-order chi connectivity index (χ0) is 13.3. The van der Waals surface area contributed by atoms with Crippen molar-refractivity contribution in [1.82, 2.24) is 10.3 Å². The molecule has 9 heteroatoms. The molecule has 0 aliphatic carbocycles. The third kappa shape index (κ3) is 2.96. The molecule has 1 aliphatic heterocycles. The summed E-state index contributed by atoms with van der Waals surface area (Å²) in [4.78, 5) is 21.5. The molecule has 0 aromatic carbocycles. The van der Waals surface area contributed by atoms with Gasteiger partial charge in [0.05, 0.1) is 22.8 Å². The van der Waals surface area contributed by atoms with Crippen LogP contribution in [-0.4, -0.2) is 32.2 Å². The van der Waals surface area contributed by atoms with Gasteiger partial charge < -0.3 is 14.9 Å². The number of thioether (sulfide) groups is 1. The lowest BCUT2D eigenvalue weighted by atomic mass is 10.2. The third-order valence-electron chi connectivity index (χ3n) is 2.43. The highest BCUT2D eigenvalue weighted by atomic mass is 32.2. The Morgan fingerprint density at radius 2 is 2.33 bits per heavy atom. The average Bonchev–Trinajstić information content (AvgIpc) is 2.75. The van der Waals surface area contributed by atoms with Gasteiger partial charge in [0, 0.05) is 12.3 Å². The van der Waals surface area contributed by atoms with E-state index in [1.54, 1.807) is 6.92 Å². The lowest BCUT2D eigenvalue weighted by molar-refractivity contribution is 0.281. The van der Waals surface area contributed by atoms with Crippen LogP contribution in [0, 0.1) is 6.92 Å². The van der Waals surface area contributed by atoms with E-state index in [9.17, 15) is 9.67 Å². The normalized spacial score (nSPS) is 20.1. The smallest absolute Gasteiger partial charge is 0.506 e. The number of phosphoric acid groups is 1. The first-order valence-corrected chi connectivity index (χ1v) is 7.75. The molecule has 1 aromatic rings. The topological polar surface area (TPSA) is 112 Å². The van der Waals surface area contributed by atoms with E-state index in [1.807, 2.05) is 0 Å². The summed E-state index contributed by atoms with van der Waals surface area (Å²) in [6, 6.07) is 0.